The lowest BCUT2D eigenvalue weighted by molar-refractivity contribution is -0.116. The summed E-state index contributed by atoms with van der Waals surface area (Å²) in [5.74, 6) is -1.14. The van der Waals surface area contributed by atoms with Crippen LogP contribution in [0, 0.1) is 26.6 Å². The normalized spacial score (nSPS) is 14.5. The standard InChI is InChI=1S/C24H21ClFN3O3S/c1-14-10-15(2)23(16(3)11-14)27-22(30)13-29-28-24(18-6-4-5-7-20(18)26)19-12-17(25)8-9-21(19)33(29,31)32/h4-12H,13H2,1-3H3,(H,27,30). The summed E-state index contributed by atoms with van der Waals surface area (Å²) in [4.78, 5) is 12.8. The smallest absolute Gasteiger partial charge is 0.280 e. The average molecular weight is 486 g/mol. The number of benzene rings is 3. The molecule has 0 aliphatic carbocycles. The predicted octanol–water partition coefficient (Wildman–Crippen LogP) is 4.80. The summed E-state index contributed by atoms with van der Waals surface area (Å²) in [5, 5.41) is 7.25. The number of nitrogens with zero attached hydrogens (tertiary/aromatic N) is 2. The second-order valence-electron chi connectivity index (χ2n) is 7.88. The van der Waals surface area contributed by atoms with Crippen LogP contribution in [0.3, 0.4) is 0 Å². The fraction of sp³-hybridized carbons (Fsp3) is 0.167. The highest BCUT2D eigenvalue weighted by Crippen LogP contribution is 2.32. The first-order valence-electron chi connectivity index (χ1n) is 10.1. The second kappa shape index (κ2) is 8.61. The molecule has 0 atom stereocenters. The lowest BCUT2D eigenvalue weighted by atomic mass is 10.0. The number of sulfonamides is 1. The summed E-state index contributed by atoms with van der Waals surface area (Å²) in [7, 11) is -4.16. The topological polar surface area (TPSA) is 78.8 Å². The third kappa shape index (κ3) is 4.36. The Labute approximate surface area is 196 Å². The van der Waals surface area contributed by atoms with E-state index in [1.165, 1.54) is 36.4 Å². The number of rotatable bonds is 4. The summed E-state index contributed by atoms with van der Waals surface area (Å²) in [6.45, 7) is 5.10. The van der Waals surface area contributed by atoms with E-state index in [0.29, 0.717) is 10.1 Å². The van der Waals surface area contributed by atoms with Gasteiger partial charge in [-0.05, 0) is 62.2 Å². The zero-order chi connectivity index (χ0) is 23.9. The first-order valence-corrected chi connectivity index (χ1v) is 11.9. The number of nitrogens with one attached hydrogen (secondary N) is 1. The van der Waals surface area contributed by atoms with Crippen LogP contribution in [0.15, 0.2) is 64.6 Å². The highest BCUT2D eigenvalue weighted by Gasteiger charge is 2.35. The molecule has 0 saturated heterocycles. The molecular formula is C24H21ClFN3O3S. The van der Waals surface area contributed by atoms with Gasteiger partial charge in [0.25, 0.3) is 10.0 Å². The van der Waals surface area contributed by atoms with E-state index in [4.69, 9.17) is 11.6 Å². The molecule has 1 aliphatic rings. The molecule has 6 nitrogen and oxygen atoms in total. The molecule has 0 spiro atoms. The third-order valence-electron chi connectivity index (χ3n) is 5.31. The second-order valence-corrected chi connectivity index (χ2v) is 10.1. The van der Waals surface area contributed by atoms with Gasteiger partial charge in [-0.2, -0.15) is 17.9 Å². The monoisotopic (exact) mass is 485 g/mol. The number of carbonyl (C=O) groups excluding carboxylic acids is 1. The highest BCUT2D eigenvalue weighted by molar-refractivity contribution is 7.89. The maximum absolute atomic E-state index is 14.6. The van der Waals surface area contributed by atoms with Gasteiger partial charge in [0.15, 0.2) is 0 Å². The van der Waals surface area contributed by atoms with E-state index in [1.807, 2.05) is 32.9 Å². The molecule has 1 aliphatic heterocycles. The maximum atomic E-state index is 14.6. The van der Waals surface area contributed by atoms with Crippen molar-refractivity contribution in [1.82, 2.24) is 4.41 Å². The number of amides is 1. The molecule has 0 saturated carbocycles. The number of aryl methyl sites for hydroxylation is 3. The first-order chi connectivity index (χ1) is 15.6. The van der Waals surface area contributed by atoms with E-state index >= 15 is 0 Å². The van der Waals surface area contributed by atoms with Gasteiger partial charge < -0.3 is 5.32 Å². The minimum atomic E-state index is -4.16. The van der Waals surface area contributed by atoms with Crippen molar-refractivity contribution in [2.75, 3.05) is 11.9 Å². The highest BCUT2D eigenvalue weighted by atomic mass is 35.5. The molecule has 1 N–H and O–H groups in total. The van der Waals surface area contributed by atoms with Crippen molar-refractivity contribution in [1.29, 1.82) is 0 Å². The molecule has 1 heterocycles. The largest absolute Gasteiger partial charge is 0.324 e. The number of anilines is 1. The van der Waals surface area contributed by atoms with Crippen molar-refractivity contribution in [3.05, 3.63) is 93.3 Å². The van der Waals surface area contributed by atoms with Gasteiger partial charge >= 0.3 is 0 Å². The minimum Gasteiger partial charge on any atom is -0.324 e. The minimum absolute atomic E-state index is 0.0796. The Kier molecular flexibility index (Phi) is 5.99. The molecule has 3 aromatic rings. The molecule has 0 aromatic heterocycles. The van der Waals surface area contributed by atoms with Crippen LogP contribution >= 0.6 is 11.6 Å². The summed E-state index contributed by atoms with van der Waals surface area (Å²) in [5.41, 5.74) is 3.74. The van der Waals surface area contributed by atoms with Crippen LogP contribution in [0.2, 0.25) is 5.02 Å². The van der Waals surface area contributed by atoms with Crippen molar-refractivity contribution in [3.63, 3.8) is 0 Å². The number of fused-ring (bicyclic) bond motifs is 1. The van der Waals surface area contributed by atoms with Crippen LogP contribution in [-0.2, 0) is 14.8 Å². The Hall–Kier alpha value is -3.23. The van der Waals surface area contributed by atoms with Gasteiger partial charge in [-0.3, -0.25) is 4.79 Å². The van der Waals surface area contributed by atoms with Gasteiger partial charge in [-0.15, -0.1) is 0 Å². The van der Waals surface area contributed by atoms with Gasteiger partial charge in [0.2, 0.25) is 5.91 Å². The van der Waals surface area contributed by atoms with E-state index in [0.717, 1.165) is 16.7 Å². The molecule has 3 aromatic carbocycles. The molecule has 0 radical (unpaired) electrons. The van der Waals surface area contributed by atoms with Gasteiger partial charge in [-0.1, -0.05) is 41.4 Å². The Morgan fingerprint density at radius 2 is 1.70 bits per heavy atom. The quantitative estimate of drug-likeness (QED) is 0.576. The molecule has 0 bridgehead atoms. The van der Waals surface area contributed by atoms with Crippen molar-refractivity contribution in [3.8, 4) is 0 Å². The number of hydrogen-bond donors (Lipinski definition) is 1. The van der Waals surface area contributed by atoms with Crippen molar-refractivity contribution in [2.24, 2.45) is 5.10 Å². The Morgan fingerprint density at radius 3 is 2.36 bits per heavy atom. The van der Waals surface area contributed by atoms with E-state index in [9.17, 15) is 17.6 Å². The van der Waals surface area contributed by atoms with Gasteiger partial charge in [0.1, 0.15) is 18.1 Å². The first kappa shape index (κ1) is 22.9. The Morgan fingerprint density at radius 1 is 1.03 bits per heavy atom. The summed E-state index contributed by atoms with van der Waals surface area (Å²) >= 11 is 6.09. The predicted molar refractivity (Wildman–Crippen MR) is 127 cm³/mol. The summed E-state index contributed by atoms with van der Waals surface area (Å²) in [6.07, 6.45) is 0. The number of halogens is 2. The van der Waals surface area contributed by atoms with Crippen LogP contribution in [0.4, 0.5) is 10.1 Å². The van der Waals surface area contributed by atoms with Gasteiger partial charge in [0, 0.05) is 21.8 Å². The third-order valence-corrected chi connectivity index (χ3v) is 7.23. The van der Waals surface area contributed by atoms with Gasteiger partial charge in [-0.25, -0.2) is 4.39 Å². The lowest BCUT2D eigenvalue weighted by Gasteiger charge is -2.27. The van der Waals surface area contributed by atoms with E-state index < -0.39 is 28.3 Å². The number of carbonyl (C=O) groups is 1. The summed E-state index contributed by atoms with van der Waals surface area (Å²) in [6, 6.07) is 13.9. The molecule has 9 heteroatoms. The van der Waals surface area contributed by atoms with Gasteiger partial charge in [0.05, 0.1) is 4.90 Å². The molecule has 170 valence electrons. The van der Waals surface area contributed by atoms with E-state index in [1.54, 1.807) is 6.07 Å². The SMILES string of the molecule is Cc1cc(C)c(NC(=O)CN2N=C(c3ccccc3F)c3cc(Cl)ccc3S2(=O)=O)c(C)c1. The maximum Gasteiger partial charge on any atom is 0.280 e. The van der Waals surface area contributed by atoms with Crippen molar-refractivity contribution in [2.45, 2.75) is 25.7 Å². The molecule has 4 rings (SSSR count). The van der Waals surface area contributed by atoms with Crippen molar-refractivity contribution >= 4 is 38.9 Å². The lowest BCUT2D eigenvalue weighted by Crippen LogP contribution is -2.39. The molecule has 1 amide bonds. The van der Waals surface area contributed by atoms with Crippen LogP contribution in [0.25, 0.3) is 0 Å². The fourth-order valence-electron chi connectivity index (χ4n) is 3.90. The molecule has 33 heavy (non-hydrogen) atoms. The van der Waals surface area contributed by atoms with Crippen LogP contribution in [-0.4, -0.2) is 31.0 Å². The average Bonchev–Trinajstić information content (AvgIpc) is 2.73. The summed E-state index contributed by atoms with van der Waals surface area (Å²) < 4.78 is 41.8. The Bertz CT molecular complexity index is 1400. The number of hydrazone groups is 1. The van der Waals surface area contributed by atoms with Crippen molar-refractivity contribution < 1.29 is 17.6 Å². The van der Waals surface area contributed by atoms with Crippen LogP contribution in [0.5, 0.6) is 0 Å². The fourth-order valence-corrected chi connectivity index (χ4v) is 5.45. The zero-order valence-corrected chi connectivity index (χ0v) is 19.8. The molecular weight excluding hydrogens is 465 g/mol. The van der Waals surface area contributed by atoms with Crippen LogP contribution < -0.4 is 5.32 Å². The van der Waals surface area contributed by atoms with E-state index in [2.05, 4.69) is 10.4 Å². The molecule has 0 fully saturated rings. The van der Waals surface area contributed by atoms with Crippen LogP contribution in [0.1, 0.15) is 27.8 Å². The van der Waals surface area contributed by atoms with E-state index in [-0.39, 0.29) is 26.8 Å². The molecule has 0 unspecified atom stereocenters. The number of hydrogen-bond acceptors (Lipinski definition) is 4. The zero-order valence-electron chi connectivity index (χ0n) is 18.2. The Balaban J connectivity index is 1.75.